The third-order valence-corrected chi connectivity index (χ3v) is 2.54. The predicted molar refractivity (Wildman–Crippen MR) is 76.8 cm³/mol. The van der Waals surface area contributed by atoms with Gasteiger partial charge >= 0.3 is 5.97 Å². The predicted octanol–water partition coefficient (Wildman–Crippen LogP) is 3.47. The number of carbonyl (C=O) groups is 1. The zero-order valence-electron chi connectivity index (χ0n) is 11.2. The minimum absolute atomic E-state index is 0.0149. The third kappa shape index (κ3) is 4.37. The van der Waals surface area contributed by atoms with Crippen LogP contribution < -0.4 is 4.74 Å². The largest absolute Gasteiger partial charge is 0.482 e. The number of benzene rings is 2. The fourth-order valence-electron chi connectivity index (χ4n) is 1.51. The van der Waals surface area contributed by atoms with E-state index in [2.05, 4.69) is 10.2 Å². The van der Waals surface area contributed by atoms with Crippen molar-refractivity contribution >= 4 is 23.0 Å². The number of azo groups is 1. The van der Waals surface area contributed by atoms with Crippen LogP contribution in [0.1, 0.15) is 0 Å². The Balaban J connectivity index is 2.00. The first-order valence-corrected chi connectivity index (χ1v) is 6.15. The zero-order valence-corrected chi connectivity index (χ0v) is 11.2. The summed E-state index contributed by atoms with van der Waals surface area (Å²) < 4.78 is 4.99. The minimum atomic E-state index is -1.05. The summed E-state index contributed by atoms with van der Waals surface area (Å²) >= 11 is 0. The molecule has 0 aromatic heterocycles. The number of rotatable bonds is 6. The van der Waals surface area contributed by atoms with Gasteiger partial charge in [0, 0.05) is 12.1 Å². The third-order valence-electron chi connectivity index (χ3n) is 2.54. The van der Waals surface area contributed by atoms with Gasteiger partial charge in [0.15, 0.2) is 6.61 Å². The van der Waals surface area contributed by atoms with Gasteiger partial charge in [-0.25, -0.2) is 4.79 Å². The van der Waals surface area contributed by atoms with Crippen molar-refractivity contribution in [3.05, 3.63) is 58.6 Å². The van der Waals surface area contributed by atoms with E-state index in [1.807, 2.05) is 0 Å². The van der Waals surface area contributed by atoms with Gasteiger partial charge in [0.1, 0.15) is 5.75 Å². The number of ether oxygens (including phenoxy) is 1. The molecule has 0 saturated heterocycles. The van der Waals surface area contributed by atoms with Gasteiger partial charge in [-0.2, -0.15) is 10.2 Å². The number of nitro groups is 1. The van der Waals surface area contributed by atoms with E-state index >= 15 is 0 Å². The van der Waals surface area contributed by atoms with E-state index in [-0.39, 0.29) is 5.69 Å². The lowest BCUT2D eigenvalue weighted by atomic mass is 10.3. The van der Waals surface area contributed by atoms with Crippen LogP contribution in [-0.2, 0) is 4.79 Å². The Morgan fingerprint density at radius 2 is 1.55 bits per heavy atom. The Kier molecular flexibility index (Phi) is 4.76. The molecule has 0 heterocycles. The highest BCUT2D eigenvalue weighted by Gasteiger charge is 2.03. The molecule has 0 unspecified atom stereocenters. The van der Waals surface area contributed by atoms with Gasteiger partial charge in [0.2, 0.25) is 0 Å². The molecule has 8 heteroatoms. The maximum absolute atomic E-state index is 10.5. The average molecular weight is 301 g/mol. The van der Waals surface area contributed by atoms with Gasteiger partial charge in [-0.1, -0.05) is 0 Å². The number of carboxylic acid groups (broad SMARTS) is 1. The summed E-state index contributed by atoms with van der Waals surface area (Å²) in [7, 11) is 0. The molecule has 0 aliphatic heterocycles. The van der Waals surface area contributed by atoms with Gasteiger partial charge in [0.25, 0.3) is 5.69 Å². The van der Waals surface area contributed by atoms with Crippen LogP contribution >= 0.6 is 0 Å². The van der Waals surface area contributed by atoms with Crippen molar-refractivity contribution in [3.8, 4) is 5.75 Å². The summed E-state index contributed by atoms with van der Waals surface area (Å²) in [6.45, 7) is -0.413. The first kappa shape index (κ1) is 15.1. The molecule has 112 valence electrons. The van der Waals surface area contributed by atoms with E-state index in [0.717, 1.165) is 0 Å². The second-order valence-corrected chi connectivity index (χ2v) is 4.15. The van der Waals surface area contributed by atoms with E-state index in [1.54, 1.807) is 24.3 Å². The molecule has 1 N–H and O–H groups in total. The Hall–Kier alpha value is -3.29. The molecule has 8 nitrogen and oxygen atoms in total. The minimum Gasteiger partial charge on any atom is -0.482 e. The van der Waals surface area contributed by atoms with Crippen LogP contribution in [0.4, 0.5) is 17.1 Å². The van der Waals surface area contributed by atoms with Crippen LogP contribution in [0.5, 0.6) is 5.75 Å². The first-order chi connectivity index (χ1) is 10.5. The number of carboxylic acids is 1. The van der Waals surface area contributed by atoms with E-state index in [4.69, 9.17) is 9.84 Å². The van der Waals surface area contributed by atoms with Gasteiger partial charge < -0.3 is 9.84 Å². The number of nitrogens with zero attached hydrogens (tertiary/aromatic N) is 3. The van der Waals surface area contributed by atoms with Crippen molar-refractivity contribution in [2.24, 2.45) is 10.2 Å². The van der Waals surface area contributed by atoms with Gasteiger partial charge in [-0.3, -0.25) is 10.1 Å². The van der Waals surface area contributed by atoms with Crippen LogP contribution in [0.15, 0.2) is 58.8 Å². The molecular weight excluding hydrogens is 290 g/mol. The molecule has 0 bridgehead atoms. The normalized spacial score (nSPS) is 10.5. The Morgan fingerprint density at radius 1 is 1.05 bits per heavy atom. The quantitative estimate of drug-likeness (QED) is 0.498. The van der Waals surface area contributed by atoms with Crippen LogP contribution in [0.25, 0.3) is 0 Å². The maximum atomic E-state index is 10.5. The molecule has 0 fully saturated rings. The van der Waals surface area contributed by atoms with Crippen molar-refractivity contribution in [3.63, 3.8) is 0 Å². The highest BCUT2D eigenvalue weighted by Crippen LogP contribution is 2.22. The van der Waals surface area contributed by atoms with E-state index < -0.39 is 17.5 Å². The number of non-ortho nitro benzene ring substituents is 1. The second kappa shape index (κ2) is 6.93. The Bertz CT molecular complexity index is 695. The molecule has 0 aliphatic carbocycles. The van der Waals surface area contributed by atoms with Crippen molar-refractivity contribution in [1.82, 2.24) is 0 Å². The van der Waals surface area contributed by atoms with Crippen LogP contribution in [0.3, 0.4) is 0 Å². The highest BCUT2D eigenvalue weighted by molar-refractivity contribution is 5.68. The van der Waals surface area contributed by atoms with Crippen molar-refractivity contribution in [1.29, 1.82) is 0 Å². The summed E-state index contributed by atoms with van der Waals surface area (Å²) in [4.78, 5) is 20.4. The monoisotopic (exact) mass is 301 g/mol. The molecular formula is C14H11N3O5. The zero-order chi connectivity index (χ0) is 15.9. The SMILES string of the molecule is O=C(O)COc1ccc(/N=N/c2ccc([N+](=O)[O-])cc2)cc1. The molecule has 2 aromatic carbocycles. The van der Waals surface area contributed by atoms with Crippen LogP contribution in [0, 0.1) is 10.1 Å². The fourth-order valence-corrected chi connectivity index (χ4v) is 1.51. The van der Waals surface area contributed by atoms with E-state index in [1.165, 1.54) is 24.3 Å². The summed E-state index contributed by atoms with van der Waals surface area (Å²) in [5, 5.41) is 26.9. The van der Waals surface area contributed by atoms with Gasteiger partial charge in [-0.05, 0) is 36.4 Å². The van der Waals surface area contributed by atoms with Crippen molar-refractivity contribution in [2.75, 3.05) is 6.61 Å². The molecule has 2 rings (SSSR count). The summed E-state index contributed by atoms with van der Waals surface area (Å²) in [6, 6.07) is 12.1. The Morgan fingerprint density at radius 3 is 2.00 bits per heavy atom. The number of hydrogen-bond acceptors (Lipinski definition) is 6. The summed E-state index contributed by atoms with van der Waals surface area (Å²) in [5.41, 5.74) is 1.01. The lowest BCUT2D eigenvalue weighted by Crippen LogP contribution is -2.09. The standard InChI is InChI=1S/C14H11N3O5/c18-14(19)9-22-13-7-3-11(4-8-13)16-15-10-1-5-12(6-2-10)17(20)21/h1-8H,9H2,(H,18,19)/b16-15+. The molecule has 0 aliphatic rings. The molecule has 2 aromatic rings. The molecule has 0 spiro atoms. The number of nitro benzene ring substituents is 1. The molecule has 0 radical (unpaired) electrons. The van der Waals surface area contributed by atoms with Gasteiger partial charge in [0.05, 0.1) is 16.3 Å². The van der Waals surface area contributed by atoms with Crippen molar-refractivity contribution in [2.45, 2.75) is 0 Å². The lowest BCUT2D eigenvalue weighted by Gasteiger charge is -2.02. The van der Waals surface area contributed by atoms with Gasteiger partial charge in [-0.15, -0.1) is 0 Å². The summed E-state index contributed by atoms with van der Waals surface area (Å²) in [6.07, 6.45) is 0. The van der Waals surface area contributed by atoms with Crippen molar-refractivity contribution < 1.29 is 19.6 Å². The molecule has 0 amide bonds. The fraction of sp³-hybridized carbons (Fsp3) is 0.0714. The Labute approximate surface area is 124 Å². The van der Waals surface area contributed by atoms with Crippen LogP contribution in [0.2, 0.25) is 0 Å². The number of aliphatic carboxylic acids is 1. The second-order valence-electron chi connectivity index (χ2n) is 4.15. The van der Waals surface area contributed by atoms with E-state index in [0.29, 0.717) is 17.1 Å². The number of hydrogen-bond donors (Lipinski definition) is 1. The molecule has 0 atom stereocenters. The topological polar surface area (TPSA) is 114 Å². The molecule has 0 saturated carbocycles. The van der Waals surface area contributed by atoms with Crippen LogP contribution in [-0.4, -0.2) is 22.6 Å². The summed E-state index contributed by atoms with van der Waals surface area (Å²) in [5.74, 6) is -0.640. The highest BCUT2D eigenvalue weighted by atomic mass is 16.6. The maximum Gasteiger partial charge on any atom is 0.341 e. The average Bonchev–Trinajstić information content (AvgIpc) is 2.52. The lowest BCUT2D eigenvalue weighted by molar-refractivity contribution is -0.384. The smallest absolute Gasteiger partial charge is 0.341 e. The molecule has 22 heavy (non-hydrogen) atoms. The van der Waals surface area contributed by atoms with E-state index in [9.17, 15) is 14.9 Å². The first-order valence-electron chi connectivity index (χ1n) is 6.15.